The third kappa shape index (κ3) is 3.27. The first-order chi connectivity index (χ1) is 8.06. The maximum atomic E-state index is 5.85. The van der Waals surface area contributed by atoms with Gasteiger partial charge < -0.3 is 4.74 Å². The molecule has 88 valence electrons. The average Bonchev–Trinajstić information content (AvgIpc) is 2.29. The van der Waals surface area contributed by atoms with Crippen molar-refractivity contribution in [3.8, 4) is 16.9 Å². The molecule has 0 amide bonds. The van der Waals surface area contributed by atoms with Gasteiger partial charge in [0.1, 0.15) is 10.7 Å². The summed E-state index contributed by atoms with van der Waals surface area (Å²) in [6, 6.07) is 18.2. The van der Waals surface area contributed by atoms with E-state index in [0.29, 0.717) is 0 Å². The first-order valence-corrected chi connectivity index (χ1v) is 6.07. The van der Waals surface area contributed by atoms with E-state index in [2.05, 4.69) is 30.8 Å². The highest BCUT2D eigenvalue weighted by Gasteiger charge is 2.15. The largest absolute Gasteiger partial charge is 0.477 e. The van der Waals surface area contributed by atoms with Crippen LogP contribution >= 0.6 is 12.6 Å². The molecule has 0 aliphatic rings. The van der Waals surface area contributed by atoms with Gasteiger partial charge in [-0.25, -0.2) is 0 Å². The molecule has 1 nitrogen and oxygen atoms in total. The van der Waals surface area contributed by atoms with Crippen LogP contribution in [0.2, 0.25) is 0 Å². The molecule has 0 aliphatic carbocycles. The van der Waals surface area contributed by atoms with E-state index < -0.39 is 4.93 Å². The highest BCUT2D eigenvalue weighted by Crippen LogP contribution is 2.32. The fourth-order valence-electron chi connectivity index (χ4n) is 1.68. The zero-order valence-electron chi connectivity index (χ0n) is 10.1. The van der Waals surface area contributed by atoms with Crippen LogP contribution in [-0.4, -0.2) is 4.93 Å². The van der Waals surface area contributed by atoms with E-state index in [1.165, 1.54) is 0 Å². The zero-order valence-corrected chi connectivity index (χ0v) is 10.9. The van der Waals surface area contributed by atoms with Crippen molar-refractivity contribution in [2.75, 3.05) is 0 Å². The second-order valence-corrected chi connectivity index (χ2v) is 5.49. The van der Waals surface area contributed by atoms with Gasteiger partial charge in [-0.3, -0.25) is 0 Å². The highest BCUT2D eigenvalue weighted by molar-refractivity contribution is 7.81. The van der Waals surface area contributed by atoms with Gasteiger partial charge in [0.25, 0.3) is 0 Å². The number of hydrogen-bond acceptors (Lipinski definition) is 2. The Labute approximate surface area is 108 Å². The summed E-state index contributed by atoms with van der Waals surface area (Å²) < 4.78 is 5.85. The molecule has 0 heterocycles. The molecule has 0 saturated heterocycles. The van der Waals surface area contributed by atoms with Gasteiger partial charge in [0.15, 0.2) is 0 Å². The van der Waals surface area contributed by atoms with Crippen molar-refractivity contribution < 1.29 is 4.74 Å². The lowest BCUT2D eigenvalue weighted by molar-refractivity contribution is 0.210. The summed E-state index contributed by atoms with van der Waals surface area (Å²) in [6.45, 7) is 3.86. The minimum atomic E-state index is -0.481. The predicted molar refractivity (Wildman–Crippen MR) is 75.6 cm³/mol. The van der Waals surface area contributed by atoms with Crippen molar-refractivity contribution in [2.45, 2.75) is 18.8 Å². The molecule has 0 aliphatic heterocycles. The molecule has 2 rings (SSSR count). The molecule has 2 aromatic rings. The Morgan fingerprint density at radius 2 is 1.47 bits per heavy atom. The maximum Gasteiger partial charge on any atom is 0.146 e. The third-order valence-corrected chi connectivity index (χ3v) is 2.42. The van der Waals surface area contributed by atoms with Crippen LogP contribution in [0, 0.1) is 0 Å². The molecule has 0 spiro atoms. The molecule has 0 atom stereocenters. The summed E-state index contributed by atoms with van der Waals surface area (Å²) >= 11 is 4.40. The van der Waals surface area contributed by atoms with Crippen LogP contribution in [0.5, 0.6) is 5.75 Å². The van der Waals surface area contributed by atoms with Gasteiger partial charge in [0.2, 0.25) is 0 Å². The lowest BCUT2D eigenvalue weighted by atomic mass is 10.0. The van der Waals surface area contributed by atoms with Crippen LogP contribution in [-0.2, 0) is 0 Å². The summed E-state index contributed by atoms with van der Waals surface area (Å²) in [5.41, 5.74) is 2.25. The van der Waals surface area contributed by atoms with Crippen LogP contribution in [0.15, 0.2) is 54.6 Å². The maximum absolute atomic E-state index is 5.85. The van der Waals surface area contributed by atoms with E-state index in [4.69, 9.17) is 4.74 Å². The van der Waals surface area contributed by atoms with Crippen molar-refractivity contribution in [1.82, 2.24) is 0 Å². The second kappa shape index (κ2) is 4.84. The smallest absolute Gasteiger partial charge is 0.146 e. The van der Waals surface area contributed by atoms with Crippen molar-refractivity contribution in [1.29, 1.82) is 0 Å². The second-order valence-electron chi connectivity index (χ2n) is 4.41. The van der Waals surface area contributed by atoms with Crippen molar-refractivity contribution in [3.63, 3.8) is 0 Å². The Hall–Kier alpha value is -1.41. The normalized spacial score (nSPS) is 11.2. The van der Waals surface area contributed by atoms with Gasteiger partial charge in [0.05, 0.1) is 0 Å². The number of benzene rings is 2. The zero-order chi connectivity index (χ0) is 12.3. The van der Waals surface area contributed by atoms with Gasteiger partial charge in [-0.05, 0) is 25.5 Å². The van der Waals surface area contributed by atoms with Crippen LogP contribution < -0.4 is 4.74 Å². The first-order valence-electron chi connectivity index (χ1n) is 5.62. The Balaban J connectivity index is 2.41. The SMILES string of the molecule is CC(C)(S)Oc1ccccc1-c1ccccc1. The summed E-state index contributed by atoms with van der Waals surface area (Å²) in [5, 5.41) is 0. The average molecular weight is 244 g/mol. The van der Waals surface area contributed by atoms with Crippen LogP contribution in [0.1, 0.15) is 13.8 Å². The number of ether oxygens (including phenoxy) is 1. The van der Waals surface area contributed by atoms with E-state index in [9.17, 15) is 0 Å². The van der Waals surface area contributed by atoms with Crippen LogP contribution in [0.25, 0.3) is 11.1 Å². The lowest BCUT2D eigenvalue weighted by Gasteiger charge is -2.22. The molecule has 0 bridgehead atoms. The Morgan fingerprint density at radius 3 is 2.12 bits per heavy atom. The molecule has 2 aromatic carbocycles. The standard InChI is InChI=1S/C15H16OS/c1-15(2,17)16-14-11-7-6-10-13(14)12-8-4-3-5-9-12/h3-11,17H,1-2H3. The molecule has 2 heteroatoms. The molecule has 0 aromatic heterocycles. The lowest BCUT2D eigenvalue weighted by Crippen LogP contribution is -2.20. The van der Waals surface area contributed by atoms with Crippen LogP contribution in [0.3, 0.4) is 0 Å². The third-order valence-electron chi connectivity index (χ3n) is 2.33. The van der Waals surface area contributed by atoms with Gasteiger partial charge in [-0.15, -0.1) is 12.6 Å². The van der Waals surface area contributed by atoms with E-state index in [0.717, 1.165) is 16.9 Å². The van der Waals surface area contributed by atoms with E-state index in [1.807, 2.05) is 50.2 Å². The van der Waals surface area contributed by atoms with Crippen molar-refractivity contribution >= 4 is 12.6 Å². The minimum Gasteiger partial charge on any atom is -0.477 e. The monoisotopic (exact) mass is 244 g/mol. The fraction of sp³-hybridized carbons (Fsp3) is 0.200. The van der Waals surface area contributed by atoms with Crippen molar-refractivity contribution in [3.05, 3.63) is 54.6 Å². The Kier molecular flexibility index (Phi) is 3.43. The molecule has 0 N–H and O–H groups in total. The molecule has 0 fully saturated rings. The topological polar surface area (TPSA) is 9.23 Å². The fourth-order valence-corrected chi connectivity index (χ4v) is 1.78. The number of hydrogen-bond donors (Lipinski definition) is 1. The molecule has 0 saturated carbocycles. The Bertz CT molecular complexity index is 486. The summed E-state index contributed by atoms with van der Waals surface area (Å²) in [5.74, 6) is 0.860. The van der Waals surface area contributed by atoms with Crippen LogP contribution in [0.4, 0.5) is 0 Å². The van der Waals surface area contributed by atoms with E-state index in [1.54, 1.807) is 0 Å². The van der Waals surface area contributed by atoms with Crippen molar-refractivity contribution in [2.24, 2.45) is 0 Å². The summed E-state index contributed by atoms with van der Waals surface area (Å²) in [6.07, 6.45) is 0. The first kappa shape index (κ1) is 12.1. The van der Waals surface area contributed by atoms with Gasteiger partial charge >= 0.3 is 0 Å². The summed E-state index contributed by atoms with van der Waals surface area (Å²) in [7, 11) is 0. The van der Waals surface area contributed by atoms with Gasteiger partial charge in [-0.2, -0.15) is 0 Å². The molecule has 17 heavy (non-hydrogen) atoms. The van der Waals surface area contributed by atoms with E-state index >= 15 is 0 Å². The summed E-state index contributed by atoms with van der Waals surface area (Å²) in [4.78, 5) is -0.481. The molecule has 0 radical (unpaired) electrons. The number of para-hydroxylation sites is 1. The van der Waals surface area contributed by atoms with Gasteiger partial charge in [-0.1, -0.05) is 48.5 Å². The van der Waals surface area contributed by atoms with E-state index in [-0.39, 0.29) is 0 Å². The number of rotatable bonds is 3. The Morgan fingerprint density at radius 1 is 0.882 bits per heavy atom. The van der Waals surface area contributed by atoms with Gasteiger partial charge in [0, 0.05) is 5.56 Å². The predicted octanol–water partition coefficient (Wildman–Crippen LogP) is 4.40. The highest BCUT2D eigenvalue weighted by atomic mass is 32.1. The molecule has 0 unspecified atom stereocenters. The minimum absolute atomic E-state index is 0.481. The number of thiol groups is 1. The molecular formula is C15H16OS. The quantitative estimate of drug-likeness (QED) is 0.622. The molecular weight excluding hydrogens is 228 g/mol.